The maximum atomic E-state index is 13.5. The third-order valence-corrected chi connectivity index (χ3v) is 6.09. The first-order chi connectivity index (χ1) is 16.8. The molecule has 0 N–H and O–H groups in total. The molecule has 2 heterocycles. The van der Waals surface area contributed by atoms with Crippen LogP contribution in [0.4, 0.5) is 17.6 Å². The summed E-state index contributed by atoms with van der Waals surface area (Å²) in [6, 6.07) is 10.3. The molecule has 1 aliphatic rings. The Morgan fingerprint density at radius 1 is 1.14 bits per heavy atom. The molecule has 0 spiro atoms. The molecule has 3 aromatic rings. The molecular weight excluding hydrogens is 466 g/mol. The first kappa shape index (κ1) is 24.8. The number of tetrazole rings is 1. The van der Waals surface area contributed by atoms with E-state index in [1.807, 2.05) is 4.90 Å². The molecule has 35 heavy (non-hydrogen) atoms. The Bertz CT molecular complexity index is 1140. The van der Waals surface area contributed by atoms with Gasteiger partial charge in [0, 0.05) is 0 Å². The van der Waals surface area contributed by atoms with Gasteiger partial charge in [-0.1, -0.05) is 24.3 Å². The maximum absolute atomic E-state index is 13.5. The summed E-state index contributed by atoms with van der Waals surface area (Å²) in [6.07, 6.45) is -3.49. The number of carbonyl (C=O) groups excluding carboxylic acids is 1. The first-order valence-electron chi connectivity index (χ1n) is 11.3. The number of alkyl halides is 3. The Balaban J connectivity index is 1.67. The number of benzene rings is 2. The molecule has 1 aliphatic heterocycles. The van der Waals surface area contributed by atoms with Crippen LogP contribution in [0.15, 0.2) is 48.5 Å². The standard InChI is InChI=1S/C24H25F4N5O2/c1-2-35-23(34)17-10-12-32(13-11-17)21(18-4-3-5-19(14-18)24(26,27)28)22-29-30-31-33(22)15-16-6-8-20(25)9-7-16/h3-9,14,17,21H,2,10-13,15H2,1H3/t21-/m1/s1. The van der Waals surface area contributed by atoms with Gasteiger partial charge in [0.2, 0.25) is 0 Å². The van der Waals surface area contributed by atoms with Crippen LogP contribution >= 0.6 is 0 Å². The number of hydrogen-bond acceptors (Lipinski definition) is 6. The molecule has 0 unspecified atom stereocenters. The van der Waals surface area contributed by atoms with Gasteiger partial charge in [-0.15, -0.1) is 5.10 Å². The molecule has 2 aromatic carbocycles. The molecule has 0 aliphatic carbocycles. The summed E-state index contributed by atoms with van der Waals surface area (Å²) in [6.45, 7) is 3.17. The molecule has 1 saturated heterocycles. The van der Waals surface area contributed by atoms with Crippen LogP contribution in [0, 0.1) is 11.7 Å². The zero-order chi connectivity index (χ0) is 25.0. The van der Waals surface area contributed by atoms with Crippen LogP contribution in [0.3, 0.4) is 0 Å². The number of nitrogens with zero attached hydrogens (tertiary/aromatic N) is 5. The largest absolute Gasteiger partial charge is 0.466 e. The zero-order valence-electron chi connectivity index (χ0n) is 19.1. The van der Waals surface area contributed by atoms with Gasteiger partial charge < -0.3 is 4.74 Å². The number of hydrogen-bond donors (Lipinski definition) is 0. The molecule has 0 amide bonds. The lowest BCUT2D eigenvalue weighted by molar-refractivity contribution is -0.149. The molecule has 186 valence electrons. The van der Waals surface area contributed by atoms with E-state index in [0.29, 0.717) is 43.9 Å². The Kier molecular flexibility index (Phi) is 7.44. The Labute approximate surface area is 199 Å². The van der Waals surface area contributed by atoms with Crippen LogP contribution in [0.5, 0.6) is 0 Å². The lowest BCUT2D eigenvalue weighted by atomic mass is 9.93. The summed E-state index contributed by atoms with van der Waals surface area (Å²) in [5, 5.41) is 12.0. The SMILES string of the molecule is CCOC(=O)C1CCN([C@H](c2cccc(C(F)(F)F)c2)c2nnnn2Cc2ccc(F)cc2)CC1. The second kappa shape index (κ2) is 10.5. The van der Waals surface area contributed by atoms with E-state index in [9.17, 15) is 22.4 Å². The highest BCUT2D eigenvalue weighted by molar-refractivity contribution is 5.72. The fraction of sp³-hybridized carbons (Fsp3) is 0.417. The van der Waals surface area contributed by atoms with Crippen LogP contribution in [-0.2, 0) is 22.3 Å². The van der Waals surface area contributed by atoms with Crippen molar-refractivity contribution < 1.29 is 27.1 Å². The van der Waals surface area contributed by atoms with Crippen molar-refractivity contribution in [2.45, 2.75) is 38.5 Å². The molecule has 0 bridgehead atoms. The minimum absolute atomic E-state index is 0.220. The highest BCUT2D eigenvalue weighted by Gasteiger charge is 2.36. The monoisotopic (exact) mass is 491 g/mol. The topological polar surface area (TPSA) is 73.1 Å². The van der Waals surface area contributed by atoms with Gasteiger partial charge in [-0.05, 0) is 78.7 Å². The lowest BCUT2D eigenvalue weighted by Gasteiger charge is -2.36. The number of esters is 1. The average molecular weight is 491 g/mol. The molecular formula is C24H25F4N5O2. The third-order valence-electron chi connectivity index (χ3n) is 6.09. The Morgan fingerprint density at radius 3 is 2.51 bits per heavy atom. The number of piperidine rings is 1. The van der Waals surface area contributed by atoms with Crippen molar-refractivity contribution in [3.8, 4) is 0 Å². The third kappa shape index (κ3) is 5.84. The summed E-state index contributed by atoms with van der Waals surface area (Å²) in [4.78, 5) is 14.2. The highest BCUT2D eigenvalue weighted by Crippen LogP contribution is 2.35. The molecule has 0 radical (unpaired) electrons. The number of rotatable bonds is 7. The molecule has 4 rings (SSSR count). The molecule has 1 fully saturated rings. The van der Waals surface area contributed by atoms with Crippen molar-refractivity contribution >= 4 is 5.97 Å². The average Bonchev–Trinajstić information content (AvgIpc) is 3.28. The van der Waals surface area contributed by atoms with E-state index in [1.165, 1.54) is 22.9 Å². The summed E-state index contributed by atoms with van der Waals surface area (Å²) in [5.74, 6) is -0.535. The summed E-state index contributed by atoms with van der Waals surface area (Å²) in [5.41, 5.74) is 0.368. The fourth-order valence-electron chi connectivity index (χ4n) is 4.34. The van der Waals surface area contributed by atoms with Gasteiger partial charge >= 0.3 is 12.1 Å². The lowest BCUT2D eigenvalue weighted by Crippen LogP contribution is -2.40. The summed E-state index contributed by atoms with van der Waals surface area (Å²) in [7, 11) is 0. The Morgan fingerprint density at radius 2 is 1.86 bits per heavy atom. The molecule has 11 heteroatoms. The zero-order valence-corrected chi connectivity index (χ0v) is 19.1. The van der Waals surface area contributed by atoms with Gasteiger partial charge in [0.15, 0.2) is 5.82 Å². The molecule has 7 nitrogen and oxygen atoms in total. The maximum Gasteiger partial charge on any atom is 0.416 e. The fourth-order valence-corrected chi connectivity index (χ4v) is 4.34. The van der Waals surface area contributed by atoms with Crippen molar-refractivity contribution in [1.82, 2.24) is 25.1 Å². The summed E-state index contributed by atoms with van der Waals surface area (Å²) >= 11 is 0. The second-order valence-electron chi connectivity index (χ2n) is 8.41. The van der Waals surface area contributed by atoms with Crippen molar-refractivity contribution in [2.75, 3.05) is 19.7 Å². The van der Waals surface area contributed by atoms with Crippen LogP contribution < -0.4 is 0 Å². The number of halogens is 4. The predicted octanol–water partition coefficient (Wildman–Crippen LogP) is 4.24. The van der Waals surface area contributed by atoms with Gasteiger partial charge in [-0.25, -0.2) is 9.07 Å². The minimum atomic E-state index is -4.50. The molecule has 1 atom stereocenters. The molecule has 0 saturated carbocycles. The number of likely N-dealkylation sites (tertiary alicyclic amines) is 1. The first-order valence-corrected chi connectivity index (χ1v) is 11.3. The van der Waals surface area contributed by atoms with Crippen molar-refractivity contribution in [3.05, 3.63) is 76.9 Å². The van der Waals surface area contributed by atoms with Crippen LogP contribution in [0.1, 0.15) is 48.3 Å². The van der Waals surface area contributed by atoms with Crippen LogP contribution in [0.2, 0.25) is 0 Å². The van der Waals surface area contributed by atoms with E-state index < -0.39 is 17.8 Å². The second-order valence-corrected chi connectivity index (χ2v) is 8.41. The highest BCUT2D eigenvalue weighted by atomic mass is 19.4. The van der Waals surface area contributed by atoms with E-state index in [4.69, 9.17) is 4.74 Å². The minimum Gasteiger partial charge on any atom is -0.466 e. The normalized spacial score (nSPS) is 16.3. The number of aromatic nitrogens is 4. The van der Waals surface area contributed by atoms with E-state index in [1.54, 1.807) is 25.1 Å². The van der Waals surface area contributed by atoms with Gasteiger partial charge in [-0.3, -0.25) is 9.69 Å². The Hall–Kier alpha value is -3.34. The number of carbonyl (C=O) groups is 1. The van der Waals surface area contributed by atoms with Crippen LogP contribution in [-0.4, -0.2) is 50.8 Å². The number of ether oxygens (including phenoxy) is 1. The quantitative estimate of drug-likeness (QED) is 0.364. The van der Waals surface area contributed by atoms with Crippen molar-refractivity contribution in [2.24, 2.45) is 5.92 Å². The smallest absolute Gasteiger partial charge is 0.416 e. The van der Waals surface area contributed by atoms with Gasteiger partial charge in [0.05, 0.1) is 30.7 Å². The summed E-state index contributed by atoms with van der Waals surface area (Å²) < 4.78 is 60.4. The van der Waals surface area contributed by atoms with Gasteiger partial charge in [0.25, 0.3) is 0 Å². The van der Waals surface area contributed by atoms with Gasteiger partial charge in [-0.2, -0.15) is 13.2 Å². The van der Waals surface area contributed by atoms with E-state index in [0.717, 1.165) is 17.7 Å². The van der Waals surface area contributed by atoms with E-state index >= 15 is 0 Å². The van der Waals surface area contributed by atoms with E-state index in [2.05, 4.69) is 15.5 Å². The van der Waals surface area contributed by atoms with Gasteiger partial charge in [0.1, 0.15) is 5.82 Å². The van der Waals surface area contributed by atoms with Crippen LogP contribution in [0.25, 0.3) is 0 Å². The molecule has 1 aromatic heterocycles. The van der Waals surface area contributed by atoms with Crippen molar-refractivity contribution in [3.63, 3.8) is 0 Å². The van der Waals surface area contributed by atoms with E-state index in [-0.39, 0.29) is 24.2 Å². The predicted molar refractivity (Wildman–Crippen MR) is 118 cm³/mol. The van der Waals surface area contributed by atoms with Crippen molar-refractivity contribution in [1.29, 1.82) is 0 Å².